The van der Waals surface area contributed by atoms with Gasteiger partial charge in [-0.3, -0.25) is 4.79 Å². The van der Waals surface area contributed by atoms with Crippen LogP contribution in [0, 0.1) is 6.92 Å². The fraction of sp³-hybridized carbons (Fsp3) is 0.130. The normalized spacial score (nSPS) is 11.0. The molecule has 156 valence electrons. The Kier molecular flexibility index (Phi) is 6.49. The van der Waals surface area contributed by atoms with Crippen LogP contribution in [0.15, 0.2) is 72.6 Å². The van der Waals surface area contributed by atoms with Crippen molar-refractivity contribution < 1.29 is 9.53 Å². The van der Waals surface area contributed by atoms with Crippen LogP contribution >= 0.6 is 11.3 Å². The fourth-order valence-corrected chi connectivity index (χ4v) is 3.43. The van der Waals surface area contributed by atoms with E-state index in [1.807, 2.05) is 60.8 Å². The van der Waals surface area contributed by atoms with E-state index in [0.29, 0.717) is 13.2 Å². The van der Waals surface area contributed by atoms with E-state index in [-0.39, 0.29) is 5.91 Å². The van der Waals surface area contributed by atoms with Gasteiger partial charge in [0, 0.05) is 18.0 Å². The highest BCUT2D eigenvalue weighted by Gasteiger charge is 2.02. The summed E-state index contributed by atoms with van der Waals surface area (Å²) in [5.74, 6) is 0.612. The molecular weight excluding hydrogens is 410 g/mol. The quantitative estimate of drug-likeness (QED) is 0.427. The van der Waals surface area contributed by atoms with Crippen molar-refractivity contribution in [3.8, 4) is 11.4 Å². The van der Waals surface area contributed by atoms with E-state index in [9.17, 15) is 4.79 Å². The zero-order valence-corrected chi connectivity index (χ0v) is 17.7. The van der Waals surface area contributed by atoms with Crippen molar-refractivity contribution >= 4 is 23.3 Å². The largest absolute Gasteiger partial charge is 0.487 e. The molecule has 4 rings (SSSR count). The lowest BCUT2D eigenvalue weighted by molar-refractivity contribution is -0.116. The maximum Gasteiger partial charge on any atom is 0.244 e. The maximum atomic E-state index is 12.1. The highest BCUT2D eigenvalue weighted by Crippen LogP contribution is 2.16. The minimum atomic E-state index is -0.153. The van der Waals surface area contributed by atoms with Crippen molar-refractivity contribution in [2.24, 2.45) is 0 Å². The number of rotatable bonds is 8. The van der Waals surface area contributed by atoms with E-state index in [2.05, 4.69) is 20.4 Å². The van der Waals surface area contributed by atoms with Crippen LogP contribution < -0.4 is 10.1 Å². The molecule has 2 aromatic carbocycles. The molecule has 0 saturated carbocycles. The lowest BCUT2D eigenvalue weighted by atomic mass is 10.2. The summed E-state index contributed by atoms with van der Waals surface area (Å²) < 4.78 is 7.42. The second kappa shape index (κ2) is 9.82. The molecule has 0 bridgehead atoms. The second-order valence-electron chi connectivity index (χ2n) is 6.77. The Bertz CT molecular complexity index is 1150. The summed E-state index contributed by atoms with van der Waals surface area (Å²) in [6.07, 6.45) is 6.43. The molecule has 0 radical (unpaired) electrons. The Balaban J connectivity index is 1.24. The van der Waals surface area contributed by atoms with Crippen LogP contribution in [0.25, 0.3) is 11.8 Å². The second-order valence-corrected chi connectivity index (χ2v) is 7.84. The number of amides is 1. The molecule has 7 nitrogen and oxygen atoms in total. The summed E-state index contributed by atoms with van der Waals surface area (Å²) in [5, 5.41) is 10.00. The van der Waals surface area contributed by atoms with Gasteiger partial charge in [-0.05, 0) is 48.4 Å². The molecule has 0 saturated heterocycles. The average Bonchev–Trinajstić information content (AvgIpc) is 3.48. The number of aromatic nitrogens is 4. The van der Waals surface area contributed by atoms with Gasteiger partial charge in [-0.25, -0.2) is 14.6 Å². The molecular formula is C23H21N5O2S. The molecule has 1 N–H and O–H groups in total. The third-order valence-corrected chi connectivity index (χ3v) is 5.27. The Labute approximate surface area is 184 Å². The van der Waals surface area contributed by atoms with Crippen LogP contribution in [0.3, 0.4) is 0 Å². The van der Waals surface area contributed by atoms with Crippen molar-refractivity contribution in [2.45, 2.75) is 20.1 Å². The molecule has 31 heavy (non-hydrogen) atoms. The van der Waals surface area contributed by atoms with E-state index in [1.54, 1.807) is 28.4 Å². The zero-order chi connectivity index (χ0) is 21.5. The highest BCUT2D eigenvalue weighted by molar-refractivity contribution is 7.09. The minimum Gasteiger partial charge on any atom is -0.487 e. The Morgan fingerprint density at radius 1 is 1.16 bits per heavy atom. The first kappa shape index (κ1) is 20.5. The van der Waals surface area contributed by atoms with E-state index >= 15 is 0 Å². The highest BCUT2D eigenvalue weighted by atomic mass is 32.1. The van der Waals surface area contributed by atoms with Crippen molar-refractivity contribution in [2.75, 3.05) is 0 Å². The number of carbonyl (C=O) groups excluding carboxylic acids is 1. The predicted octanol–water partition coefficient (Wildman–Crippen LogP) is 3.94. The number of ether oxygens (including phenoxy) is 1. The topological polar surface area (TPSA) is 81.9 Å². The molecule has 0 spiro atoms. The fourth-order valence-electron chi connectivity index (χ4n) is 2.84. The zero-order valence-electron chi connectivity index (χ0n) is 16.9. The number of carbonyl (C=O) groups is 1. The first-order valence-corrected chi connectivity index (χ1v) is 10.6. The van der Waals surface area contributed by atoms with E-state index in [4.69, 9.17) is 4.74 Å². The number of hydrogen-bond acceptors (Lipinski definition) is 6. The predicted molar refractivity (Wildman–Crippen MR) is 120 cm³/mol. The van der Waals surface area contributed by atoms with Crippen molar-refractivity contribution in [1.29, 1.82) is 0 Å². The SMILES string of the molecule is Cc1nc(COc2ccc(/C=C/C(=O)NCc3ccc(-n4cncn4)cc3)cc2)cs1. The van der Waals surface area contributed by atoms with Gasteiger partial charge in [-0.2, -0.15) is 5.10 Å². The monoisotopic (exact) mass is 431 g/mol. The van der Waals surface area contributed by atoms with Crippen molar-refractivity contribution in [1.82, 2.24) is 25.1 Å². The number of nitrogens with zero attached hydrogens (tertiary/aromatic N) is 4. The van der Waals surface area contributed by atoms with Crippen LogP contribution in [-0.2, 0) is 17.9 Å². The Hall–Kier alpha value is -3.78. The van der Waals surface area contributed by atoms with Gasteiger partial charge in [-0.15, -0.1) is 11.3 Å². The Morgan fingerprint density at radius 2 is 1.97 bits per heavy atom. The molecule has 2 aromatic heterocycles. The van der Waals surface area contributed by atoms with Crippen molar-refractivity contribution in [3.63, 3.8) is 0 Å². The molecule has 4 aromatic rings. The van der Waals surface area contributed by atoms with E-state index in [1.165, 1.54) is 12.4 Å². The molecule has 2 heterocycles. The van der Waals surface area contributed by atoms with Gasteiger partial charge in [-0.1, -0.05) is 24.3 Å². The van der Waals surface area contributed by atoms with E-state index in [0.717, 1.165) is 33.3 Å². The number of aryl methyl sites for hydroxylation is 1. The van der Waals surface area contributed by atoms with Gasteiger partial charge in [0.2, 0.25) is 5.91 Å². The summed E-state index contributed by atoms with van der Waals surface area (Å²) in [5.41, 5.74) is 3.77. The average molecular weight is 432 g/mol. The molecule has 1 amide bonds. The van der Waals surface area contributed by atoms with Gasteiger partial charge in [0.15, 0.2) is 0 Å². The Morgan fingerprint density at radius 3 is 2.65 bits per heavy atom. The number of benzene rings is 2. The third-order valence-electron chi connectivity index (χ3n) is 4.45. The number of hydrogen-bond donors (Lipinski definition) is 1. The van der Waals surface area contributed by atoms with Gasteiger partial charge >= 0.3 is 0 Å². The van der Waals surface area contributed by atoms with Crippen LogP contribution in [-0.4, -0.2) is 25.7 Å². The third kappa shape index (κ3) is 5.86. The maximum absolute atomic E-state index is 12.1. The summed E-state index contributed by atoms with van der Waals surface area (Å²) in [6, 6.07) is 15.4. The van der Waals surface area contributed by atoms with Crippen molar-refractivity contribution in [3.05, 3.63) is 94.5 Å². The summed E-state index contributed by atoms with van der Waals surface area (Å²) in [6.45, 7) is 2.87. The van der Waals surface area contributed by atoms with Gasteiger partial charge in [0.1, 0.15) is 25.0 Å². The lowest BCUT2D eigenvalue weighted by Gasteiger charge is -2.05. The lowest BCUT2D eigenvalue weighted by Crippen LogP contribution is -2.20. The molecule has 0 atom stereocenters. The van der Waals surface area contributed by atoms with Crippen LogP contribution in [0.4, 0.5) is 0 Å². The molecule has 0 aliphatic carbocycles. The molecule has 0 fully saturated rings. The van der Waals surface area contributed by atoms with Crippen LogP contribution in [0.2, 0.25) is 0 Å². The van der Waals surface area contributed by atoms with E-state index < -0.39 is 0 Å². The number of thiazole rings is 1. The van der Waals surface area contributed by atoms with Crippen LogP contribution in [0.1, 0.15) is 21.8 Å². The van der Waals surface area contributed by atoms with Gasteiger partial charge in [0.25, 0.3) is 0 Å². The molecule has 0 unspecified atom stereocenters. The van der Waals surface area contributed by atoms with Gasteiger partial charge < -0.3 is 10.1 Å². The van der Waals surface area contributed by atoms with Gasteiger partial charge in [0.05, 0.1) is 16.4 Å². The summed E-state index contributed by atoms with van der Waals surface area (Å²) in [7, 11) is 0. The first-order valence-electron chi connectivity index (χ1n) is 9.69. The first-order chi connectivity index (χ1) is 15.2. The molecule has 8 heteroatoms. The molecule has 0 aliphatic rings. The smallest absolute Gasteiger partial charge is 0.244 e. The van der Waals surface area contributed by atoms with Crippen LogP contribution in [0.5, 0.6) is 5.75 Å². The minimum absolute atomic E-state index is 0.153. The molecule has 0 aliphatic heterocycles. The summed E-state index contributed by atoms with van der Waals surface area (Å²) >= 11 is 1.61. The number of nitrogens with one attached hydrogen (secondary N) is 1. The standard InChI is InChI=1S/C23H21N5O2S/c1-17-27-20(14-31-17)13-30-22-9-4-18(5-10-22)6-11-23(29)25-12-19-2-7-21(8-3-19)28-16-24-15-26-28/h2-11,14-16H,12-13H2,1H3,(H,25,29)/b11-6+. The summed E-state index contributed by atoms with van der Waals surface area (Å²) in [4.78, 5) is 20.4.